The van der Waals surface area contributed by atoms with Crippen molar-refractivity contribution < 1.29 is 4.39 Å². The molecule has 0 bridgehead atoms. The highest BCUT2D eigenvalue weighted by Crippen LogP contribution is 2.23. The zero-order valence-corrected chi connectivity index (χ0v) is 13.6. The minimum absolute atomic E-state index is 0.147. The van der Waals surface area contributed by atoms with Crippen LogP contribution in [0.15, 0.2) is 51.4 Å². The second-order valence-electron chi connectivity index (χ2n) is 4.36. The van der Waals surface area contributed by atoms with Crippen molar-refractivity contribution in [2.75, 3.05) is 0 Å². The lowest BCUT2D eigenvalue weighted by atomic mass is 10.1. The monoisotopic (exact) mass is 385 g/mol. The fraction of sp³-hybridized carbons (Fsp3) is 0.200. The van der Waals surface area contributed by atoms with Crippen molar-refractivity contribution in [3.63, 3.8) is 0 Å². The van der Waals surface area contributed by atoms with E-state index in [9.17, 15) is 4.39 Å². The topological polar surface area (TPSA) is 12.0 Å². The van der Waals surface area contributed by atoms with Gasteiger partial charge in [-0.05, 0) is 36.8 Å². The minimum atomic E-state index is -0.185. The summed E-state index contributed by atoms with van der Waals surface area (Å²) in [6.45, 7) is 2.56. The van der Waals surface area contributed by atoms with E-state index in [2.05, 4.69) is 50.2 Å². The summed E-state index contributed by atoms with van der Waals surface area (Å²) >= 11 is 6.89. The SMILES string of the molecule is C[C@H](NCc1cc(Br)ccc1F)c1ccccc1Br. The van der Waals surface area contributed by atoms with Crippen LogP contribution in [-0.2, 0) is 6.54 Å². The van der Waals surface area contributed by atoms with Crippen molar-refractivity contribution in [1.29, 1.82) is 0 Å². The Labute approximate surface area is 129 Å². The predicted octanol–water partition coefficient (Wildman–Crippen LogP) is 5.20. The molecule has 0 aliphatic rings. The number of benzene rings is 2. The smallest absolute Gasteiger partial charge is 0.127 e. The summed E-state index contributed by atoms with van der Waals surface area (Å²) in [5, 5.41) is 3.33. The third-order valence-electron chi connectivity index (χ3n) is 2.98. The zero-order chi connectivity index (χ0) is 13.8. The van der Waals surface area contributed by atoms with E-state index in [0.717, 1.165) is 14.5 Å². The third kappa shape index (κ3) is 3.88. The van der Waals surface area contributed by atoms with E-state index < -0.39 is 0 Å². The van der Waals surface area contributed by atoms with Crippen molar-refractivity contribution in [3.05, 3.63) is 68.4 Å². The Morgan fingerprint density at radius 2 is 1.89 bits per heavy atom. The highest BCUT2D eigenvalue weighted by molar-refractivity contribution is 9.10. The maximum atomic E-state index is 13.6. The molecule has 0 heterocycles. The number of halogens is 3. The molecule has 0 radical (unpaired) electrons. The molecule has 0 saturated heterocycles. The molecule has 19 heavy (non-hydrogen) atoms. The molecule has 0 saturated carbocycles. The summed E-state index contributed by atoms with van der Waals surface area (Å²) in [4.78, 5) is 0. The first-order valence-electron chi connectivity index (χ1n) is 5.99. The molecule has 2 rings (SSSR count). The van der Waals surface area contributed by atoms with Crippen LogP contribution in [-0.4, -0.2) is 0 Å². The van der Waals surface area contributed by atoms with Gasteiger partial charge in [0.2, 0.25) is 0 Å². The molecular formula is C15H14Br2FN. The molecule has 0 aliphatic carbocycles. The Balaban J connectivity index is 2.06. The normalized spacial score (nSPS) is 12.4. The van der Waals surface area contributed by atoms with Crippen LogP contribution in [0.5, 0.6) is 0 Å². The van der Waals surface area contributed by atoms with Crippen LogP contribution < -0.4 is 5.32 Å². The van der Waals surface area contributed by atoms with Crippen LogP contribution in [0.3, 0.4) is 0 Å². The first-order chi connectivity index (χ1) is 9.08. The van der Waals surface area contributed by atoms with Crippen LogP contribution in [0.1, 0.15) is 24.1 Å². The Bertz CT molecular complexity index is 572. The average Bonchev–Trinajstić information content (AvgIpc) is 2.40. The molecule has 0 fully saturated rings. The molecule has 1 atom stereocenters. The van der Waals surface area contributed by atoms with E-state index in [4.69, 9.17) is 0 Å². The molecule has 1 N–H and O–H groups in total. The molecule has 0 spiro atoms. The maximum Gasteiger partial charge on any atom is 0.127 e. The Morgan fingerprint density at radius 3 is 2.63 bits per heavy atom. The quantitative estimate of drug-likeness (QED) is 0.761. The van der Waals surface area contributed by atoms with E-state index in [0.29, 0.717) is 12.1 Å². The van der Waals surface area contributed by atoms with Gasteiger partial charge in [-0.15, -0.1) is 0 Å². The Morgan fingerprint density at radius 1 is 1.16 bits per heavy atom. The molecule has 4 heteroatoms. The number of hydrogen-bond donors (Lipinski definition) is 1. The molecular weight excluding hydrogens is 373 g/mol. The molecule has 0 amide bonds. The third-order valence-corrected chi connectivity index (χ3v) is 4.19. The van der Waals surface area contributed by atoms with E-state index in [-0.39, 0.29) is 11.9 Å². The Hall–Kier alpha value is -0.710. The van der Waals surface area contributed by atoms with Gasteiger partial charge in [0, 0.05) is 27.1 Å². The molecule has 0 unspecified atom stereocenters. The largest absolute Gasteiger partial charge is 0.306 e. The lowest BCUT2D eigenvalue weighted by Gasteiger charge is -2.16. The standard InChI is InChI=1S/C15H14Br2FN/c1-10(13-4-2-3-5-14(13)17)19-9-11-8-12(16)6-7-15(11)18/h2-8,10,19H,9H2,1H3/t10-/m0/s1. The van der Waals surface area contributed by atoms with Crippen LogP contribution >= 0.6 is 31.9 Å². The van der Waals surface area contributed by atoms with E-state index in [1.54, 1.807) is 12.1 Å². The van der Waals surface area contributed by atoms with Gasteiger partial charge in [-0.3, -0.25) is 0 Å². The minimum Gasteiger partial charge on any atom is -0.306 e. The van der Waals surface area contributed by atoms with Crippen LogP contribution in [0, 0.1) is 5.82 Å². The summed E-state index contributed by atoms with van der Waals surface area (Å²) in [5.41, 5.74) is 1.83. The Kier molecular flexibility index (Phi) is 5.13. The molecule has 0 aromatic heterocycles. The second-order valence-corrected chi connectivity index (χ2v) is 6.13. The predicted molar refractivity (Wildman–Crippen MR) is 83.5 cm³/mol. The van der Waals surface area contributed by atoms with Crippen LogP contribution in [0.2, 0.25) is 0 Å². The lowest BCUT2D eigenvalue weighted by molar-refractivity contribution is 0.543. The van der Waals surface area contributed by atoms with Gasteiger partial charge in [0.25, 0.3) is 0 Å². The molecule has 100 valence electrons. The molecule has 0 aliphatic heterocycles. The summed E-state index contributed by atoms with van der Waals surface area (Å²) in [5.74, 6) is -0.185. The summed E-state index contributed by atoms with van der Waals surface area (Å²) < 4.78 is 15.6. The van der Waals surface area contributed by atoms with E-state index in [1.165, 1.54) is 6.07 Å². The molecule has 1 nitrogen and oxygen atoms in total. The molecule has 2 aromatic rings. The van der Waals surface area contributed by atoms with Crippen LogP contribution in [0.25, 0.3) is 0 Å². The van der Waals surface area contributed by atoms with Crippen LogP contribution in [0.4, 0.5) is 4.39 Å². The lowest BCUT2D eigenvalue weighted by Crippen LogP contribution is -2.19. The highest BCUT2D eigenvalue weighted by Gasteiger charge is 2.09. The highest BCUT2D eigenvalue weighted by atomic mass is 79.9. The summed E-state index contributed by atoms with van der Waals surface area (Å²) in [7, 11) is 0. The van der Waals surface area contributed by atoms with Gasteiger partial charge in [-0.2, -0.15) is 0 Å². The van der Waals surface area contributed by atoms with Gasteiger partial charge in [0.1, 0.15) is 5.82 Å². The maximum absolute atomic E-state index is 13.6. The van der Waals surface area contributed by atoms with Gasteiger partial charge in [-0.25, -0.2) is 4.39 Å². The fourth-order valence-corrected chi connectivity index (χ4v) is 2.91. The van der Waals surface area contributed by atoms with E-state index >= 15 is 0 Å². The first-order valence-corrected chi connectivity index (χ1v) is 7.58. The number of nitrogens with one attached hydrogen (secondary N) is 1. The summed E-state index contributed by atoms with van der Waals surface area (Å²) in [6, 6.07) is 13.2. The number of rotatable bonds is 4. The van der Waals surface area contributed by atoms with Gasteiger partial charge in [-0.1, -0.05) is 50.1 Å². The zero-order valence-electron chi connectivity index (χ0n) is 10.5. The van der Waals surface area contributed by atoms with Gasteiger partial charge in [0.05, 0.1) is 0 Å². The fourth-order valence-electron chi connectivity index (χ4n) is 1.88. The van der Waals surface area contributed by atoms with Crippen molar-refractivity contribution in [2.45, 2.75) is 19.5 Å². The van der Waals surface area contributed by atoms with Gasteiger partial charge >= 0.3 is 0 Å². The van der Waals surface area contributed by atoms with Crippen molar-refractivity contribution in [2.24, 2.45) is 0 Å². The molecule has 2 aromatic carbocycles. The average molecular weight is 387 g/mol. The van der Waals surface area contributed by atoms with E-state index in [1.807, 2.05) is 18.2 Å². The summed E-state index contributed by atoms with van der Waals surface area (Å²) in [6.07, 6.45) is 0. The number of hydrogen-bond acceptors (Lipinski definition) is 1. The van der Waals surface area contributed by atoms with Crippen molar-refractivity contribution >= 4 is 31.9 Å². The van der Waals surface area contributed by atoms with Gasteiger partial charge in [0.15, 0.2) is 0 Å². The van der Waals surface area contributed by atoms with Crippen molar-refractivity contribution in [3.8, 4) is 0 Å². The van der Waals surface area contributed by atoms with Gasteiger partial charge < -0.3 is 5.32 Å². The van der Waals surface area contributed by atoms with Crippen molar-refractivity contribution in [1.82, 2.24) is 5.32 Å². The first kappa shape index (κ1) is 14.7. The second kappa shape index (κ2) is 6.64.